The van der Waals surface area contributed by atoms with E-state index in [4.69, 9.17) is 9.47 Å². The van der Waals surface area contributed by atoms with E-state index in [1.165, 1.54) is 7.11 Å². The van der Waals surface area contributed by atoms with Crippen molar-refractivity contribution in [1.29, 1.82) is 0 Å². The highest BCUT2D eigenvalue weighted by Crippen LogP contribution is 2.10. The summed E-state index contributed by atoms with van der Waals surface area (Å²) in [6.07, 6.45) is 2.09. The Kier molecular flexibility index (Phi) is 9.77. The number of hydrogen-bond acceptors (Lipinski definition) is 5. The Balaban J connectivity index is 1.72. The quantitative estimate of drug-likeness (QED) is 0.207. The zero-order chi connectivity index (χ0) is 24.9. The van der Waals surface area contributed by atoms with Crippen LogP contribution < -0.4 is 5.43 Å². The van der Waals surface area contributed by atoms with Crippen molar-refractivity contribution in [3.05, 3.63) is 119 Å². The molecule has 0 heterocycles. The first kappa shape index (κ1) is 25.4. The van der Waals surface area contributed by atoms with Gasteiger partial charge in [-0.05, 0) is 36.2 Å². The molecule has 0 spiro atoms. The fraction of sp³-hybridized carbons (Fsp3) is 0.179. The summed E-state index contributed by atoms with van der Waals surface area (Å²) in [5.74, 6) is -1.51. The van der Waals surface area contributed by atoms with Crippen molar-refractivity contribution in [3.63, 3.8) is 0 Å². The van der Waals surface area contributed by atoms with Gasteiger partial charge in [0, 0.05) is 11.1 Å². The van der Waals surface area contributed by atoms with Crippen LogP contribution in [-0.4, -0.2) is 43.1 Å². The molecule has 0 aliphatic carbocycles. The largest absolute Gasteiger partial charge is 0.466 e. The molecule has 0 unspecified atom stereocenters. The minimum atomic E-state index is -0.590. The number of benzene rings is 3. The second-order valence-corrected chi connectivity index (χ2v) is 7.61. The first-order valence-electron chi connectivity index (χ1n) is 11.2. The highest BCUT2D eigenvalue weighted by atomic mass is 16.5. The maximum absolute atomic E-state index is 13.2. The Morgan fingerprint density at radius 3 is 2.00 bits per heavy atom. The fourth-order valence-electron chi connectivity index (χ4n) is 3.27. The SMILES string of the molecule is COC(=O)/C(=C/CCOCc1ccccc1)CN(NC(=O)c1ccccc1)C(=O)c1ccccc1. The third-order valence-corrected chi connectivity index (χ3v) is 5.08. The van der Waals surface area contributed by atoms with Crippen molar-refractivity contribution < 1.29 is 23.9 Å². The van der Waals surface area contributed by atoms with E-state index in [0.717, 1.165) is 10.6 Å². The topological polar surface area (TPSA) is 84.9 Å². The van der Waals surface area contributed by atoms with Gasteiger partial charge in [0.05, 0.1) is 32.4 Å². The molecule has 0 aliphatic heterocycles. The number of carbonyl (C=O) groups excluding carboxylic acids is 3. The smallest absolute Gasteiger partial charge is 0.335 e. The van der Waals surface area contributed by atoms with Gasteiger partial charge in [-0.3, -0.25) is 15.0 Å². The molecule has 0 fully saturated rings. The second-order valence-electron chi connectivity index (χ2n) is 7.61. The lowest BCUT2D eigenvalue weighted by atomic mass is 10.1. The third-order valence-electron chi connectivity index (χ3n) is 5.08. The molecule has 3 aromatic rings. The number of amides is 2. The number of nitrogens with one attached hydrogen (secondary N) is 1. The van der Waals surface area contributed by atoms with Crippen molar-refractivity contribution in [2.45, 2.75) is 13.0 Å². The zero-order valence-electron chi connectivity index (χ0n) is 19.6. The summed E-state index contributed by atoms with van der Waals surface area (Å²) in [4.78, 5) is 38.4. The van der Waals surface area contributed by atoms with Crippen LogP contribution in [0.2, 0.25) is 0 Å². The van der Waals surface area contributed by atoms with Crippen molar-refractivity contribution in [1.82, 2.24) is 10.4 Å². The molecule has 0 aliphatic rings. The molecule has 0 saturated heterocycles. The average molecular weight is 473 g/mol. The molecular weight excluding hydrogens is 444 g/mol. The number of hydrazine groups is 1. The Labute approximate surface area is 204 Å². The lowest BCUT2D eigenvalue weighted by molar-refractivity contribution is -0.136. The molecule has 3 aromatic carbocycles. The summed E-state index contributed by atoms with van der Waals surface area (Å²) in [5.41, 5.74) is 4.67. The Bertz CT molecular complexity index is 1130. The van der Waals surface area contributed by atoms with E-state index in [-0.39, 0.29) is 12.1 Å². The predicted octanol–water partition coefficient (Wildman–Crippen LogP) is 4.18. The van der Waals surface area contributed by atoms with Gasteiger partial charge in [-0.1, -0.05) is 72.8 Å². The molecular formula is C28H28N2O5. The molecule has 0 aromatic heterocycles. The normalized spacial score (nSPS) is 10.9. The van der Waals surface area contributed by atoms with Crippen LogP contribution in [0.1, 0.15) is 32.7 Å². The molecule has 7 nitrogen and oxygen atoms in total. The monoisotopic (exact) mass is 472 g/mol. The highest BCUT2D eigenvalue weighted by Gasteiger charge is 2.23. The number of rotatable bonds is 10. The van der Waals surface area contributed by atoms with Crippen LogP contribution in [0.3, 0.4) is 0 Å². The molecule has 0 radical (unpaired) electrons. The molecule has 0 atom stereocenters. The van der Waals surface area contributed by atoms with Crippen molar-refractivity contribution in [2.24, 2.45) is 0 Å². The molecule has 0 saturated carbocycles. The molecule has 2 amide bonds. The van der Waals surface area contributed by atoms with Crippen LogP contribution in [0.4, 0.5) is 0 Å². The van der Waals surface area contributed by atoms with Crippen LogP contribution in [0.5, 0.6) is 0 Å². The molecule has 3 rings (SSSR count). The van der Waals surface area contributed by atoms with Crippen molar-refractivity contribution >= 4 is 17.8 Å². The van der Waals surface area contributed by atoms with E-state index in [2.05, 4.69) is 5.43 Å². The number of ether oxygens (including phenoxy) is 2. The maximum Gasteiger partial charge on any atom is 0.335 e. The van der Waals surface area contributed by atoms with Gasteiger partial charge in [-0.2, -0.15) is 0 Å². The molecule has 7 heteroatoms. The van der Waals surface area contributed by atoms with Gasteiger partial charge < -0.3 is 9.47 Å². The van der Waals surface area contributed by atoms with E-state index in [9.17, 15) is 14.4 Å². The number of hydrogen-bond donors (Lipinski definition) is 1. The summed E-state index contributed by atoms with van der Waals surface area (Å²) in [6.45, 7) is 0.657. The van der Waals surface area contributed by atoms with E-state index < -0.39 is 17.8 Å². The second kappa shape index (κ2) is 13.5. The zero-order valence-corrected chi connectivity index (χ0v) is 19.6. The minimum Gasteiger partial charge on any atom is -0.466 e. The van der Waals surface area contributed by atoms with Gasteiger partial charge in [0.1, 0.15) is 0 Å². The van der Waals surface area contributed by atoms with Gasteiger partial charge in [-0.25, -0.2) is 9.80 Å². The number of esters is 1. The summed E-state index contributed by atoms with van der Waals surface area (Å²) >= 11 is 0. The van der Waals surface area contributed by atoms with Crippen LogP contribution in [0.25, 0.3) is 0 Å². The number of methoxy groups -OCH3 is 1. The number of nitrogens with zero attached hydrogens (tertiary/aromatic N) is 1. The summed E-state index contributed by atoms with van der Waals surface area (Å²) in [7, 11) is 1.27. The third kappa shape index (κ3) is 7.94. The van der Waals surface area contributed by atoms with Crippen molar-refractivity contribution in [2.75, 3.05) is 20.3 Å². The Hall–Kier alpha value is -4.23. The fourth-order valence-corrected chi connectivity index (χ4v) is 3.27. The van der Waals surface area contributed by atoms with Crippen molar-refractivity contribution in [3.8, 4) is 0 Å². The van der Waals surface area contributed by atoms with Gasteiger partial charge in [0.2, 0.25) is 0 Å². The predicted molar refractivity (Wildman–Crippen MR) is 132 cm³/mol. The van der Waals surface area contributed by atoms with E-state index in [1.54, 1.807) is 66.7 Å². The van der Waals surface area contributed by atoms with Gasteiger partial charge >= 0.3 is 5.97 Å². The Morgan fingerprint density at radius 1 is 0.829 bits per heavy atom. The average Bonchev–Trinajstić information content (AvgIpc) is 2.92. The van der Waals surface area contributed by atoms with Crippen LogP contribution in [0, 0.1) is 0 Å². The highest BCUT2D eigenvalue weighted by molar-refractivity contribution is 6.00. The first-order valence-corrected chi connectivity index (χ1v) is 11.2. The first-order chi connectivity index (χ1) is 17.1. The maximum atomic E-state index is 13.2. The molecule has 35 heavy (non-hydrogen) atoms. The van der Waals surface area contributed by atoms with Gasteiger partial charge in [0.15, 0.2) is 0 Å². The summed E-state index contributed by atoms with van der Waals surface area (Å²) in [6, 6.07) is 26.8. The lowest BCUT2D eigenvalue weighted by Gasteiger charge is -2.24. The molecule has 1 N–H and O–H groups in total. The lowest BCUT2D eigenvalue weighted by Crippen LogP contribution is -2.47. The minimum absolute atomic E-state index is 0.169. The molecule has 0 bridgehead atoms. The van der Waals surface area contributed by atoms with Crippen LogP contribution in [0.15, 0.2) is 103 Å². The van der Waals surface area contributed by atoms with Crippen LogP contribution >= 0.6 is 0 Å². The number of carbonyl (C=O) groups is 3. The van der Waals surface area contributed by atoms with E-state index >= 15 is 0 Å². The van der Waals surface area contributed by atoms with E-state index in [1.807, 2.05) is 30.3 Å². The van der Waals surface area contributed by atoms with Gasteiger partial charge in [0.25, 0.3) is 11.8 Å². The summed E-state index contributed by atoms with van der Waals surface area (Å²) < 4.78 is 10.6. The summed E-state index contributed by atoms with van der Waals surface area (Å²) in [5, 5.41) is 1.12. The molecule has 180 valence electrons. The standard InChI is InChI=1S/C28H28N2O5/c1-34-28(33)25(18-11-19-35-21-22-12-5-2-6-13-22)20-30(27(32)24-16-9-4-10-17-24)29-26(31)23-14-7-3-8-15-23/h2-10,12-18H,11,19-21H2,1H3,(H,29,31)/b25-18+. The van der Waals surface area contributed by atoms with Crippen LogP contribution in [-0.2, 0) is 20.9 Å². The van der Waals surface area contributed by atoms with E-state index in [0.29, 0.717) is 30.8 Å². The Morgan fingerprint density at radius 2 is 1.40 bits per heavy atom. The van der Waals surface area contributed by atoms with Gasteiger partial charge in [-0.15, -0.1) is 0 Å².